The number of amides is 1. The van der Waals surface area contributed by atoms with E-state index in [2.05, 4.69) is 5.32 Å². The highest BCUT2D eigenvalue weighted by Crippen LogP contribution is 2.21. The average Bonchev–Trinajstić information content (AvgIpc) is 2.30. The van der Waals surface area contributed by atoms with Crippen molar-refractivity contribution in [2.75, 3.05) is 16.3 Å². The SMILES string of the molecule is CC(N)C(C)C(=O)Nc1ccc(F)c(NS(C)(=O)=O)c1. The molecule has 2 unspecified atom stereocenters. The second-order valence-corrected chi connectivity index (χ2v) is 6.45. The molecule has 0 heterocycles. The standard InChI is InChI=1S/C12H18FN3O3S/c1-7(8(2)14)12(17)15-9-4-5-10(13)11(6-9)16-20(3,18)19/h4-8,16H,14H2,1-3H3,(H,15,17). The van der Waals surface area contributed by atoms with Crippen LogP contribution in [-0.4, -0.2) is 26.6 Å². The number of carbonyl (C=O) groups excluding carboxylic acids is 1. The molecule has 112 valence electrons. The van der Waals surface area contributed by atoms with E-state index in [1.165, 1.54) is 12.1 Å². The molecule has 8 heteroatoms. The summed E-state index contributed by atoms with van der Waals surface area (Å²) >= 11 is 0. The summed E-state index contributed by atoms with van der Waals surface area (Å²) in [5.41, 5.74) is 5.68. The van der Waals surface area contributed by atoms with Gasteiger partial charge in [-0.2, -0.15) is 0 Å². The van der Waals surface area contributed by atoms with Crippen LogP contribution < -0.4 is 15.8 Å². The Labute approximate surface area is 117 Å². The van der Waals surface area contributed by atoms with Crippen molar-refractivity contribution in [1.29, 1.82) is 0 Å². The summed E-state index contributed by atoms with van der Waals surface area (Å²) in [7, 11) is -3.60. The van der Waals surface area contributed by atoms with Crippen LogP contribution in [0.25, 0.3) is 0 Å². The topological polar surface area (TPSA) is 101 Å². The second kappa shape index (κ2) is 6.19. The Balaban J connectivity index is 2.93. The number of nitrogens with two attached hydrogens (primary N) is 1. The van der Waals surface area contributed by atoms with Crippen LogP contribution in [0.2, 0.25) is 0 Å². The molecule has 0 spiro atoms. The first-order chi connectivity index (χ1) is 9.10. The number of hydrogen-bond acceptors (Lipinski definition) is 4. The summed E-state index contributed by atoms with van der Waals surface area (Å²) in [6.07, 6.45) is 0.913. The molecule has 1 amide bonds. The zero-order chi connectivity index (χ0) is 15.5. The highest BCUT2D eigenvalue weighted by Gasteiger charge is 2.17. The molecule has 0 aliphatic rings. The third-order valence-corrected chi connectivity index (χ3v) is 3.32. The van der Waals surface area contributed by atoms with E-state index in [9.17, 15) is 17.6 Å². The summed E-state index contributed by atoms with van der Waals surface area (Å²) in [6.45, 7) is 3.37. The van der Waals surface area contributed by atoms with Gasteiger partial charge >= 0.3 is 0 Å². The van der Waals surface area contributed by atoms with Gasteiger partial charge in [0.1, 0.15) is 5.82 Å². The number of anilines is 2. The van der Waals surface area contributed by atoms with Crippen molar-refractivity contribution in [3.05, 3.63) is 24.0 Å². The van der Waals surface area contributed by atoms with Crippen LogP contribution in [0.5, 0.6) is 0 Å². The quantitative estimate of drug-likeness (QED) is 0.758. The fourth-order valence-corrected chi connectivity index (χ4v) is 1.93. The highest BCUT2D eigenvalue weighted by molar-refractivity contribution is 7.92. The first kappa shape index (κ1) is 16.4. The monoisotopic (exact) mass is 303 g/mol. The van der Waals surface area contributed by atoms with E-state index in [4.69, 9.17) is 5.73 Å². The molecule has 1 aromatic rings. The van der Waals surface area contributed by atoms with Crippen molar-refractivity contribution < 1.29 is 17.6 Å². The number of nitrogens with one attached hydrogen (secondary N) is 2. The van der Waals surface area contributed by atoms with Crippen LogP contribution >= 0.6 is 0 Å². The van der Waals surface area contributed by atoms with Crippen LogP contribution in [0.4, 0.5) is 15.8 Å². The minimum absolute atomic E-state index is 0.223. The largest absolute Gasteiger partial charge is 0.327 e. The molecule has 0 fully saturated rings. The van der Waals surface area contributed by atoms with E-state index in [1.807, 2.05) is 4.72 Å². The van der Waals surface area contributed by atoms with Gasteiger partial charge in [0.15, 0.2) is 0 Å². The van der Waals surface area contributed by atoms with Crippen molar-refractivity contribution >= 4 is 27.3 Å². The summed E-state index contributed by atoms with van der Waals surface area (Å²) in [5.74, 6) is -1.48. The van der Waals surface area contributed by atoms with Gasteiger partial charge in [-0.3, -0.25) is 9.52 Å². The predicted octanol–water partition coefficient (Wildman–Crippen LogP) is 1.12. The van der Waals surface area contributed by atoms with Crippen LogP contribution in [0.15, 0.2) is 18.2 Å². The molecule has 6 nitrogen and oxygen atoms in total. The Bertz CT molecular complexity index is 602. The Morgan fingerprint density at radius 3 is 2.45 bits per heavy atom. The lowest BCUT2D eigenvalue weighted by molar-refractivity contribution is -0.119. The number of hydrogen-bond donors (Lipinski definition) is 3. The minimum atomic E-state index is -3.60. The van der Waals surface area contributed by atoms with Crippen LogP contribution in [0, 0.1) is 11.7 Å². The smallest absolute Gasteiger partial charge is 0.229 e. The summed E-state index contributed by atoms with van der Waals surface area (Å²) in [5, 5.41) is 2.56. The number of carbonyl (C=O) groups is 1. The second-order valence-electron chi connectivity index (χ2n) is 4.71. The average molecular weight is 303 g/mol. The van der Waals surface area contributed by atoms with Gasteiger partial charge in [0.25, 0.3) is 0 Å². The first-order valence-electron chi connectivity index (χ1n) is 5.94. The van der Waals surface area contributed by atoms with E-state index in [-0.39, 0.29) is 23.3 Å². The Morgan fingerprint density at radius 1 is 1.35 bits per heavy atom. The molecule has 0 bridgehead atoms. The summed E-state index contributed by atoms with van der Waals surface area (Å²) in [4.78, 5) is 11.8. The predicted molar refractivity (Wildman–Crippen MR) is 76.3 cm³/mol. The van der Waals surface area contributed by atoms with Gasteiger partial charge in [-0.15, -0.1) is 0 Å². The molecule has 0 aliphatic carbocycles. The zero-order valence-corrected chi connectivity index (χ0v) is 12.3. The first-order valence-corrected chi connectivity index (χ1v) is 7.83. The van der Waals surface area contributed by atoms with Crippen molar-refractivity contribution in [1.82, 2.24) is 0 Å². The maximum atomic E-state index is 13.5. The summed E-state index contributed by atoms with van der Waals surface area (Å²) in [6, 6.07) is 3.29. The van der Waals surface area contributed by atoms with Crippen LogP contribution in [0.3, 0.4) is 0 Å². The van der Waals surface area contributed by atoms with Gasteiger partial charge < -0.3 is 11.1 Å². The van der Waals surface area contributed by atoms with Crippen LogP contribution in [0.1, 0.15) is 13.8 Å². The minimum Gasteiger partial charge on any atom is -0.327 e. The van der Waals surface area contributed by atoms with Crippen molar-refractivity contribution in [2.24, 2.45) is 11.7 Å². The number of halogens is 1. The van der Waals surface area contributed by atoms with Crippen molar-refractivity contribution in [2.45, 2.75) is 19.9 Å². The molecule has 0 saturated carbocycles. The number of rotatable bonds is 5. The molecular formula is C12H18FN3O3S. The van der Waals surface area contributed by atoms with Gasteiger partial charge in [-0.05, 0) is 25.1 Å². The fourth-order valence-electron chi connectivity index (χ4n) is 1.38. The Morgan fingerprint density at radius 2 is 1.95 bits per heavy atom. The van der Waals surface area contributed by atoms with Gasteiger partial charge in [-0.1, -0.05) is 6.92 Å². The van der Waals surface area contributed by atoms with Gasteiger partial charge in [0.05, 0.1) is 17.9 Å². The van der Waals surface area contributed by atoms with E-state index in [1.54, 1.807) is 13.8 Å². The molecule has 1 rings (SSSR count). The molecule has 0 aromatic heterocycles. The van der Waals surface area contributed by atoms with Gasteiger partial charge in [0.2, 0.25) is 15.9 Å². The molecule has 0 aliphatic heterocycles. The maximum absolute atomic E-state index is 13.5. The van der Waals surface area contributed by atoms with Crippen LogP contribution in [-0.2, 0) is 14.8 Å². The highest BCUT2D eigenvalue weighted by atomic mass is 32.2. The lowest BCUT2D eigenvalue weighted by atomic mass is 10.0. The van der Waals surface area contributed by atoms with E-state index < -0.39 is 21.8 Å². The third kappa shape index (κ3) is 4.78. The molecule has 4 N–H and O–H groups in total. The van der Waals surface area contributed by atoms with Gasteiger partial charge in [-0.25, -0.2) is 12.8 Å². The lowest BCUT2D eigenvalue weighted by Crippen LogP contribution is -2.34. The molecule has 0 saturated heterocycles. The lowest BCUT2D eigenvalue weighted by Gasteiger charge is -2.16. The molecule has 2 atom stereocenters. The fraction of sp³-hybridized carbons (Fsp3) is 0.417. The maximum Gasteiger partial charge on any atom is 0.229 e. The van der Waals surface area contributed by atoms with Gasteiger partial charge in [0, 0.05) is 11.7 Å². The van der Waals surface area contributed by atoms with E-state index >= 15 is 0 Å². The Kier molecular flexibility index (Phi) is 5.07. The van der Waals surface area contributed by atoms with E-state index in [0.717, 1.165) is 12.3 Å². The molecule has 20 heavy (non-hydrogen) atoms. The zero-order valence-electron chi connectivity index (χ0n) is 11.5. The number of sulfonamides is 1. The molecule has 0 radical (unpaired) electrons. The molecule has 1 aromatic carbocycles. The number of benzene rings is 1. The summed E-state index contributed by atoms with van der Waals surface area (Å²) < 4.78 is 37.7. The van der Waals surface area contributed by atoms with Crippen molar-refractivity contribution in [3.63, 3.8) is 0 Å². The normalized spacial score (nSPS) is 14.4. The van der Waals surface area contributed by atoms with Crippen molar-refractivity contribution in [3.8, 4) is 0 Å². The molecular weight excluding hydrogens is 285 g/mol. The third-order valence-electron chi connectivity index (χ3n) is 2.73. The Hall–Kier alpha value is -1.67. The van der Waals surface area contributed by atoms with E-state index in [0.29, 0.717) is 0 Å².